The molecule has 0 aromatic rings. The van der Waals surface area contributed by atoms with Gasteiger partial charge in [0.1, 0.15) is 0 Å². The van der Waals surface area contributed by atoms with E-state index in [1.165, 1.54) is 0 Å². The van der Waals surface area contributed by atoms with Crippen molar-refractivity contribution in [2.45, 2.75) is 26.2 Å². The van der Waals surface area contributed by atoms with Crippen LogP contribution >= 0.6 is 0 Å². The number of aliphatic carboxylic acids is 1. The standard InChI is InChI=1S/C9H17NO2/c1-3-9(6-8(11)12)4-5-10(2)7-9/h3-7H2,1-2H3,(H,11,12). The number of hydrogen-bond acceptors (Lipinski definition) is 2. The minimum atomic E-state index is -0.660. The fourth-order valence-electron chi connectivity index (χ4n) is 2.04. The molecule has 0 saturated carbocycles. The van der Waals surface area contributed by atoms with Gasteiger partial charge in [0, 0.05) is 6.54 Å². The van der Waals surface area contributed by atoms with Gasteiger partial charge in [0.15, 0.2) is 0 Å². The zero-order valence-corrected chi connectivity index (χ0v) is 7.84. The molecule has 0 spiro atoms. The van der Waals surface area contributed by atoms with Crippen molar-refractivity contribution < 1.29 is 9.90 Å². The fourth-order valence-corrected chi connectivity index (χ4v) is 2.04. The molecule has 12 heavy (non-hydrogen) atoms. The summed E-state index contributed by atoms with van der Waals surface area (Å²) in [7, 11) is 2.05. The van der Waals surface area contributed by atoms with Gasteiger partial charge in [-0.05, 0) is 31.8 Å². The van der Waals surface area contributed by atoms with Crippen molar-refractivity contribution >= 4 is 5.97 Å². The Hall–Kier alpha value is -0.570. The third-order valence-electron chi connectivity index (χ3n) is 2.91. The zero-order chi connectivity index (χ0) is 9.19. The van der Waals surface area contributed by atoms with E-state index >= 15 is 0 Å². The summed E-state index contributed by atoms with van der Waals surface area (Å²) in [5.74, 6) is -0.660. The molecule has 1 heterocycles. The molecule has 1 rings (SSSR count). The van der Waals surface area contributed by atoms with E-state index in [9.17, 15) is 4.79 Å². The molecule has 0 aromatic carbocycles. The molecule has 1 unspecified atom stereocenters. The fraction of sp³-hybridized carbons (Fsp3) is 0.889. The number of likely N-dealkylation sites (tertiary alicyclic amines) is 1. The largest absolute Gasteiger partial charge is 0.481 e. The molecule has 0 amide bonds. The molecule has 1 fully saturated rings. The number of nitrogens with zero attached hydrogens (tertiary/aromatic N) is 1. The Bertz CT molecular complexity index is 181. The first kappa shape index (κ1) is 9.52. The Morgan fingerprint density at radius 2 is 2.33 bits per heavy atom. The van der Waals surface area contributed by atoms with E-state index in [1.54, 1.807) is 0 Å². The van der Waals surface area contributed by atoms with Crippen LogP contribution in [0.5, 0.6) is 0 Å². The predicted molar refractivity (Wildman–Crippen MR) is 47.1 cm³/mol. The second kappa shape index (κ2) is 3.44. The summed E-state index contributed by atoms with van der Waals surface area (Å²) in [6, 6.07) is 0. The van der Waals surface area contributed by atoms with Crippen LogP contribution in [0.1, 0.15) is 26.2 Å². The molecule has 0 aliphatic carbocycles. The molecule has 1 aliphatic rings. The molecule has 0 radical (unpaired) electrons. The molecule has 0 bridgehead atoms. The van der Waals surface area contributed by atoms with Crippen molar-refractivity contribution in [1.29, 1.82) is 0 Å². The first-order valence-corrected chi connectivity index (χ1v) is 4.48. The van der Waals surface area contributed by atoms with Crippen LogP contribution < -0.4 is 0 Å². The maximum absolute atomic E-state index is 10.6. The van der Waals surface area contributed by atoms with Crippen molar-refractivity contribution in [2.75, 3.05) is 20.1 Å². The van der Waals surface area contributed by atoms with Gasteiger partial charge >= 0.3 is 5.97 Å². The Morgan fingerprint density at radius 1 is 1.67 bits per heavy atom. The van der Waals surface area contributed by atoms with E-state index in [2.05, 4.69) is 18.9 Å². The van der Waals surface area contributed by atoms with Crippen LogP contribution in [0.15, 0.2) is 0 Å². The quantitative estimate of drug-likeness (QED) is 0.693. The molecule has 70 valence electrons. The molecular weight excluding hydrogens is 154 g/mol. The average Bonchev–Trinajstić information content (AvgIpc) is 2.32. The highest BCUT2D eigenvalue weighted by atomic mass is 16.4. The highest BCUT2D eigenvalue weighted by molar-refractivity contribution is 5.67. The summed E-state index contributed by atoms with van der Waals surface area (Å²) in [6.07, 6.45) is 2.34. The highest BCUT2D eigenvalue weighted by Crippen LogP contribution is 2.36. The van der Waals surface area contributed by atoms with Crippen LogP contribution in [0.3, 0.4) is 0 Å². The first-order chi connectivity index (χ1) is 5.58. The number of carboxylic acids is 1. The van der Waals surface area contributed by atoms with Crippen molar-refractivity contribution in [3.8, 4) is 0 Å². The summed E-state index contributed by atoms with van der Waals surface area (Å²) in [5.41, 5.74) is 0.0561. The van der Waals surface area contributed by atoms with E-state index in [4.69, 9.17) is 5.11 Å². The summed E-state index contributed by atoms with van der Waals surface area (Å²) in [6.45, 7) is 4.07. The van der Waals surface area contributed by atoms with E-state index < -0.39 is 5.97 Å². The maximum Gasteiger partial charge on any atom is 0.303 e. The average molecular weight is 171 g/mol. The highest BCUT2D eigenvalue weighted by Gasteiger charge is 2.36. The molecule has 3 heteroatoms. The van der Waals surface area contributed by atoms with Crippen LogP contribution in [-0.2, 0) is 4.79 Å². The van der Waals surface area contributed by atoms with E-state index in [0.717, 1.165) is 25.9 Å². The second-order valence-electron chi connectivity index (χ2n) is 3.91. The third kappa shape index (κ3) is 1.97. The van der Waals surface area contributed by atoms with E-state index in [0.29, 0.717) is 6.42 Å². The topological polar surface area (TPSA) is 40.5 Å². The molecular formula is C9H17NO2. The Morgan fingerprint density at radius 3 is 2.67 bits per heavy atom. The lowest BCUT2D eigenvalue weighted by molar-refractivity contribution is -0.139. The minimum absolute atomic E-state index is 0.0561. The molecule has 1 N–H and O–H groups in total. The van der Waals surface area contributed by atoms with Crippen LogP contribution in [0.2, 0.25) is 0 Å². The number of hydrogen-bond donors (Lipinski definition) is 1. The predicted octanol–water partition coefficient (Wildman–Crippen LogP) is 1.19. The van der Waals surface area contributed by atoms with Crippen LogP contribution in [0.25, 0.3) is 0 Å². The van der Waals surface area contributed by atoms with Crippen molar-refractivity contribution in [1.82, 2.24) is 4.90 Å². The van der Waals surface area contributed by atoms with E-state index in [1.807, 2.05) is 0 Å². The van der Waals surface area contributed by atoms with Crippen LogP contribution in [-0.4, -0.2) is 36.1 Å². The number of rotatable bonds is 3. The number of carboxylic acid groups (broad SMARTS) is 1. The second-order valence-corrected chi connectivity index (χ2v) is 3.91. The first-order valence-electron chi connectivity index (χ1n) is 4.48. The summed E-state index contributed by atoms with van der Waals surface area (Å²) >= 11 is 0. The molecule has 3 nitrogen and oxygen atoms in total. The Kier molecular flexibility index (Phi) is 2.73. The lowest BCUT2D eigenvalue weighted by atomic mass is 9.81. The van der Waals surface area contributed by atoms with Crippen molar-refractivity contribution in [3.05, 3.63) is 0 Å². The maximum atomic E-state index is 10.6. The van der Waals surface area contributed by atoms with Crippen LogP contribution in [0.4, 0.5) is 0 Å². The minimum Gasteiger partial charge on any atom is -0.481 e. The lowest BCUT2D eigenvalue weighted by Crippen LogP contribution is -2.27. The van der Waals surface area contributed by atoms with Gasteiger partial charge in [0.25, 0.3) is 0 Å². The van der Waals surface area contributed by atoms with Gasteiger partial charge in [-0.3, -0.25) is 4.79 Å². The van der Waals surface area contributed by atoms with Crippen LogP contribution in [0, 0.1) is 5.41 Å². The van der Waals surface area contributed by atoms with Gasteiger partial charge in [-0.2, -0.15) is 0 Å². The number of carbonyl (C=O) groups is 1. The SMILES string of the molecule is CCC1(CC(=O)O)CCN(C)C1. The molecule has 0 aromatic heterocycles. The lowest BCUT2D eigenvalue weighted by Gasteiger charge is -2.25. The van der Waals surface area contributed by atoms with Gasteiger partial charge in [-0.25, -0.2) is 0 Å². The van der Waals surface area contributed by atoms with E-state index in [-0.39, 0.29) is 5.41 Å². The smallest absolute Gasteiger partial charge is 0.303 e. The monoisotopic (exact) mass is 171 g/mol. The van der Waals surface area contributed by atoms with Crippen molar-refractivity contribution in [2.24, 2.45) is 5.41 Å². The van der Waals surface area contributed by atoms with Crippen molar-refractivity contribution in [3.63, 3.8) is 0 Å². The Labute approximate surface area is 73.4 Å². The van der Waals surface area contributed by atoms with Gasteiger partial charge in [0.2, 0.25) is 0 Å². The zero-order valence-electron chi connectivity index (χ0n) is 7.84. The van der Waals surface area contributed by atoms with Gasteiger partial charge in [-0.1, -0.05) is 6.92 Å². The molecule has 1 atom stereocenters. The molecule has 1 saturated heterocycles. The normalized spacial score (nSPS) is 30.8. The molecule has 1 aliphatic heterocycles. The summed E-state index contributed by atoms with van der Waals surface area (Å²) < 4.78 is 0. The third-order valence-corrected chi connectivity index (χ3v) is 2.91. The van der Waals surface area contributed by atoms with Gasteiger partial charge in [0.05, 0.1) is 6.42 Å². The summed E-state index contributed by atoms with van der Waals surface area (Å²) in [4.78, 5) is 12.8. The van der Waals surface area contributed by atoms with Gasteiger partial charge in [-0.15, -0.1) is 0 Å². The summed E-state index contributed by atoms with van der Waals surface area (Å²) in [5, 5.41) is 8.74. The van der Waals surface area contributed by atoms with Gasteiger partial charge < -0.3 is 10.0 Å². The Balaban J connectivity index is 2.58.